The van der Waals surface area contributed by atoms with Gasteiger partial charge in [0.15, 0.2) is 0 Å². The third-order valence-electron chi connectivity index (χ3n) is 3.77. The topological polar surface area (TPSA) is 6.48 Å². The van der Waals surface area contributed by atoms with Crippen LogP contribution in [0.2, 0.25) is 0 Å². The standard InChI is InChI=1S/C12H21ClN2/c1-14-8-4-12(10-14)5-9-15(11-12)7-3-2-6-13/h2-3H,4-11H2,1H3/b3-2+. The third kappa shape index (κ3) is 2.74. The second kappa shape index (κ2) is 4.86. The van der Waals surface area contributed by atoms with Gasteiger partial charge in [-0.15, -0.1) is 11.6 Å². The maximum absolute atomic E-state index is 5.61. The molecule has 0 aromatic rings. The van der Waals surface area contributed by atoms with Crippen LogP contribution in [0.3, 0.4) is 0 Å². The maximum atomic E-state index is 5.61. The van der Waals surface area contributed by atoms with Gasteiger partial charge in [-0.3, -0.25) is 4.90 Å². The zero-order valence-corrected chi connectivity index (χ0v) is 10.3. The minimum Gasteiger partial charge on any atom is -0.306 e. The van der Waals surface area contributed by atoms with Crippen molar-refractivity contribution >= 4 is 11.6 Å². The summed E-state index contributed by atoms with van der Waals surface area (Å²) < 4.78 is 0. The Balaban J connectivity index is 1.81. The van der Waals surface area contributed by atoms with E-state index in [1.807, 2.05) is 6.08 Å². The van der Waals surface area contributed by atoms with Gasteiger partial charge in [-0.2, -0.15) is 0 Å². The largest absolute Gasteiger partial charge is 0.306 e. The second-order valence-electron chi connectivity index (χ2n) is 5.10. The normalized spacial score (nSPS) is 33.7. The van der Waals surface area contributed by atoms with Crippen molar-refractivity contribution in [3.05, 3.63) is 12.2 Å². The number of likely N-dealkylation sites (tertiary alicyclic amines) is 2. The summed E-state index contributed by atoms with van der Waals surface area (Å²) in [4.78, 5) is 5.03. The molecule has 0 aromatic carbocycles. The van der Waals surface area contributed by atoms with Gasteiger partial charge in [0.1, 0.15) is 0 Å². The lowest BCUT2D eigenvalue weighted by Gasteiger charge is -2.23. The van der Waals surface area contributed by atoms with Crippen LogP contribution in [-0.4, -0.2) is 55.5 Å². The number of rotatable bonds is 3. The molecule has 15 heavy (non-hydrogen) atoms. The average molecular weight is 229 g/mol. The van der Waals surface area contributed by atoms with E-state index in [1.54, 1.807) is 0 Å². The van der Waals surface area contributed by atoms with Crippen molar-refractivity contribution in [1.82, 2.24) is 9.80 Å². The number of alkyl halides is 1. The number of hydrogen-bond donors (Lipinski definition) is 0. The van der Waals surface area contributed by atoms with Gasteiger partial charge in [0, 0.05) is 25.5 Å². The number of halogens is 1. The Labute approximate surface area is 97.9 Å². The van der Waals surface area contributed by atoms with E-state index in [9.17, 15) is 0 Å². The van der Waals surface area contributed by atoms with Crippen LogP contribution < -0.4 is 0 Å². The molecule has 2 rings (SSSR count). The zero-order chi connectivity index (χ0) is 10.7. The van der Waals surface area contributed by atoms with Gasteiger partial charge in [-0.05, 0) is 38.4 Å². The highest BCUT2D eigenvalue weighted by molar-refractivity contribution is 6.18. The molecule has 0 aromatic heterocycles. The van der Waals surface area contributed by atoms with Crippen LogP contribution in [-0.2, 0) is 0 Å². The molecule has 1 spiro atoms. The van der Waals surface area contributed by atoms with Gasteiger partial charge in [0.25, 0.3) is 0 Å². The SMILES string of the molecule is CN1CCC2(CCN(C/C=C/CCl)C2)C1. The molecule has 0 bridgehead atoms. The molecule has 2 aliphatic rings. The highest BCUT2D eigenvalue weighted by Gasteiger charge is 2.41. The Morgan fingerprint density at radius 3 is 2.67 bits per heavy atom. The van der Waals surface area contributed by atoms with Crippen LogP contribution in [0, 0.1) is 5.41 Å². The van der Waals surface area contributed by atoms with Gasteiger partial charge in [0.05, 0.1) is 0 Å². The van der Waals surface area contributed by atoms with Gasteiger partial charge >= 0.3 is 0 Å². The van der Waals surface area contributed by atoms with Crippen LogP contribution in [0.1, 0.15) is 12.8 Å². The number of allylic oxidation sites excluding steroid dienone is 1. The second-order valence-corrected chi connectivity index (χ2v) is 5.41. The molecule has 86 valence electrons. The lowest BCUT2D eigenvalue weighted by Crippen LogP contribution is -2.29. The Morgan fingerprint density at radius 1 is 1.20 bits per heavy atom. The molecule has 0 radical (unpaired) electrons. The van der Waals surface area contributed by atoms with Crippen molar-refractivity contribution in [3.63, 3.8) is 0 Å². The molecule has 2 fully saturated rings. The summed E-state index contributed by atoms with van der Waals surface area (Å²) in [5.74, 6) is 0.641. The van der Waals surface area contributed by atoms with Crippen molar-refractivity contribution in [1.29, 1.82) is 0 Å². The molecule has 1 atom stereocenters. The fraction of sp³-hybridized carbons (Fsp3) is 0.833. The summed E-state index contributed by atoms with van der Waals surface area (Å²) >= 11 is 5.61. The van der Waals surface area contributed by atoms with Gasteiger partial charge in [0.2, 0.25) is 0 Å². The van der Waals surface area contributed by atoms with Crippen LogP contribution in [0.5, 0.6) is 0 Å². The molecule has 0 aliphatic carbocycles. The smallest absolute Gasteiger partial charge is 0.0404 e. The third-order valence-corrected chi connectivity index (χ3v) is 3.94. The lowest BCUT2D eigenvalue weighted by molar-refractivity contribution is 0.267. The van der Waals surface area contributed by atoms with Crippen molar-refractivity contribution in [2.75, 3.05) is 45.7 Å². The molecule has 1 unspecified atom stereocenters. The van der Waals surface area contributed by atoms with Crippen molar-refractivity contribution in [2.45, 2.75) is 12.8 Å². The molecular formula is C12H21ClN2. The highest BCUT2D eigenvalue weighted by Crippen LogP contribution is 2.38. The molecule has 0 amide bonds. The zero-order valence-electron chi connectivity index (χ0n) is 9.58. The number of nitrogens with zero attached hydrogens (tertiary/aromatic N) is 2. The molecule has 3 heteroatoms. The van der Waals surface area contributed by atoms with Crippen LogP contribution >= 0.6 is 11.6 Å². The van der Waals surface area contributed by atoms with Crippen molar-refractivity contribution in [3.8, 4) is 0 Å². The van der Waals surface area contributed by atoms with Crippen LogP contribution in [0.15, 0.2) is 12.2 Å². The molecule has 2 heterocycles. The predicted molar refractivity (Wildman–Crippen MR) is 65.5 cm³/mol. The number of hydrogen-bond acceptors (Lipinski definition) is 2. The van der Waals surface area contributed by atoms with E-state index < -0.39 is 0 Å². The summed E-state index contributed by atoms with van der Waals surface area (Å²) in [6.45, 7) is 6.21. The van der Waals surface area contributed by atoms with E-state index in [0.717, 1.165) is 6.54 Å². The Kier molecular flexibility index (Phi) is 3.70. The average Bonchev–Trinajstić information content (AvgIpc) is 2.76. The molecule has 2 aliphatic heterocycles. The Bertz CT molecular complexity index is 242. The first kappa shape index (κ1) is 11.4. The van der Waals surface area contributed by atoms with Crippen molar-refractivity contribution < 1.29 is 0 Å². The quantitative estimate of drug-likeness (QED) is 0.537. The summed E-state index contributed by atoms with van der Waals surface area (Å²) in [7, 11) is 2.24. The summed E-state index contributed by atoms with van der Waals surface area (Å²) in [5, 5.41) is 0. The van der Waals surface area contributed by atoms with E-state index >= 15 is 0 Å². The lowest BCUT2D eigenvalue weighted by atomic mass is 9.86. The molecule has 2 nitrogen and oxygen atoms in total. The Morgan fingerprint density at radius 2 is 2.00 bits per heavy atom. The predicted octanol–water partition coefficient (Wildman–Crippen LogP) is 1.81. The van der Waals surface area contributed by atoms with Gasteiger partial charge in [-0.1, -0.05) is 12.2 Å². The fourth-order valence-corrected chi connectivity index (χ4v) is 3.09. The Hall–Kier alpha value is -0.0500. The first-order valence-electron chi connectivity index (χ1n) is 5.86. The molecule has 0 saturated carbocycles. The molecule has 2 saturated heterocycles. The summed E-state index contributed by atoms with van der Waals surface area (Å²) in [5.41, 5.74) is 0.615. The van der Waals surface area contributed by atoms with Gasteiger partial charge < -0.3 is 4.90 Å². The van der Waals surface area contributed by atoms with E-state index in [4.69, 9.17) is 11.6 Å². The minimum atomic E-state index is 0.615. The first-order chi connectivity index (χ1) is 7.24. The van der Waals surface area contributed by atoms with E-state index in [1.165, 1.54) is 39.0 Å². The monoisotopic (exact) mass is 228 g/mol. The van der Waals surface area contributed by atoms with Crippen LogP contribution in [0.25, 0.3) is 0 Å². The first-order valence-corrected chi connectivity index (χ1v) is 6.39. The molecular weight excluding hydrogens is 208 g/mol. The minimum absolute atomic E-state index is 0.615. The molecule has 0 N–H and O–H groups in total. The van der Waals surface area contributed by atoms with Crippen LogP contribution in [0.4, 0.5) is 0 Å². The highest BCUT2D eigenvalue weighted by atomic mass is 35.5. The van der Waals surface area contributed by atoms with Gasteiger partial charge in [-0.25, -0.2) is 0 Å². The van der Waals surface area contributed by atoms with E-state index in [-0.39, 0.29) is 0 Å². The van der Waals surface area contributed by atoms with Crippen molar-refractivity contribution in [2.24, 2.45) is 5.41 Å². The maximum Gasteiger partial charge on any atom is 0.0404 e. The van der Waals surface area contributed by atoms with E-state index in [2.05, 4.69) is 22.9 Å². The summed E-state index contributed by atoms with van der Waals surface area (Å²) in [6, 6.07) is 0. The summed E-state index contributed by atoms with van der Waals surface area (Å²) in [6.07, 6.45) is 7.02. The van der Waals surface area contributed by atoms with E-state index in [0.29, 0.717) is 11.3 Å². The fourth-order valence-electron chi connectivity index (χ4n) is 2.96.